The average molecular weight is 328 g/mol. The van der Waals surface area contributed by atoms with E-state index >= 15 is 0 Å². The molecular formula is C17H28O6. The van der Waals surface area contributed by atoms with Gasteiger partial charge in [0.1, 0.15) is 12.2 Å². The first-order valence-corrected chi connectivity index (χ1v) is 7.96. The van der Waals surface area contributed by atoms with Crippen LogP contribution in [0.1, 0.15) is 52.9 Å². The summed E-state index contributed by atoms with van der Waals surface area (Å²) in [5.74, 6) is -1.39. The van der Waals surface area contributed by atoms with Crippen LogP contribution in [0, 0.1) is 5.41 Å². The molecule has 0 bridgehead atoms. The minimum Gasteiger partial charge on any atom is -0.498 e. The number of carboxylic acids is 1. The van der Waals surface area contributed by atoms with E-state index in [-0.39, 0.29) is 12.0 Å². The lowest BCUT2D eigenvalue weighted by Gasteiger charge is -2.26. The zero-order valence-corrected chi connectivity index (χ0v) is 14.5. The maximum absolute atomic E-state index is 12.4. The zero-order valence-electron chi connectivity index (χ0n) is 14.5. The number of esters is 1. The summed E-state index contributed by atoms with van der Waals surface area (Å²) in [6.07, 6.45) is 4.32. The molecule has 1 aliphatic rings. The van der Waals surface area contributed by atoms with Crippen LogP contribution >= 0.6 is 0 Å². The summed E-state index contributed by atoms with van der Waals surface area (Å²) in [5, 5.41) is 9.60. The number of carboxylic acid groups (broad SMARTS) is 1. The minimum absolute atomic E-state index is 0.129. The highest BCUT2D eigenvalue weighted by Gasteiger charge is 2.43. The summed E-state index contributed by atoms with van der Waals surface area (Å²) in [6.45, 7) is 6.01. The van der Waals surface area contributed by atoms with Crippen molar-refractivity contribution in [2.45, 2.75) is 58.5 Å². The van der Waals surface area contributed by atoms with Gasteiger partial charge in [-0.05, 0) is 40.0 Å². The highest BCUT2D eigenvalue weighted by atomic mass is 16.6. The molecule has 23 heavy (non-hydrogen) atoms. The Morgan fingerprint density at radius 2 is 1.78 bits per heavy atom. The van der Waals surface area contributed by atoms with Gasteiger partial charge in [-0.25, -0.2) is 4.79 Å². The third kappa shape index (κ3) is 6.22. The Morgan fingerprint density at radius 1 is 1.17 bits per heavy atom. The van der Waals surface area contributed by atoms with Gasteiger partial charge in [-0.3, -0.25) is 4.79 Å². The number of hydrogen-bond acceptors (Lipinski definition) is 5. The summed E-state index contributed by atoms with van der Waals surface area (Å²) in [5.41, 5.74) is -1.28. The third-order valence-corrected chi connectivity index (χ3v) is 3.84. The lowest BCUT2D eigenvalue weighted by Crippen LogP contribution is -2.32. The number of ether oxygens (including phenoxy) is 3. The van der Waals surface area contributed by atoms with Crippen LogP contribution in [0.5, 0.6) is 0 Å². The van der Waals surface area contributed by atoms with Gasteiger partial charge in [0.15, 0.2) is 0 Å². The average Bonchev–Trinajstić information content (AvgIpc) is 2.90. The first-order valence-electron chi connectivity index (χ1n) is 7.96. The Balaban J connectivity index is 2.89. The number of carbonyl (C=O) groups excluding carboxylic acids is 1. The SMILES string of the molecule is COCCO/C=C(\CC1(C(=O)O)CCCC1)C(=O)OC(C)(C)C. The van der Waals surface area contributed by atoms with Gasteiger partial charge < -0.3 is 19.3 Å². The third-order valence-electron chi connectivity index (χ3n) is 3.84. The number of rotatable bonds is 8. The molecule has 0 aromatic rings. The molecule has 6 heteroatoms. The quantitative estimate of drug-likeness (QED) is 0.319. The van der Waals surface area contributed by atoms with Crippen molar-refractivity contribution in [3.05, 3.63) is 11.8 Å². The summed E-state index contributed by atoms with van der Waals surface area (Å²) in [4.78, 5) is 24.1. The predicted molar refractivity (Wildman–Crippen MR) is 84.9 cm³/mol. The minimum atomic E-state index is -0.895. The lowest BCUT2D eigenvalue weighted by molar-refractivity contribution is -0.152. The van der Waals surface area contributed by atoms with E-state index < -0.39 is 23.0 Å². The van der Waals surface area contributed by atoms with E-state index in [1.807, 2.05) is 0 Å². The Hall–Kier alpha value is -1.56. The Morgan fingerprint density at radius 3 is 2.26 bits per heavy atom. The molecule has 0 aliphatic heterocycles. The highest BCUT2D eigenvalue weighted by molar-refractivity contribution is 5.90. The molecule has 0 heterocycles. The monoisotopic (exact) mass is 328 g/mol. The molecule has 6 nitrogen and oxygen atoms in total. The molecular weight excluding hydrogens is 300 g/mol. The molecule has 0 saturated heterocycles. The van der Waals surface area contributed by atoms with E-state index in [1.165, 1.54) is 6.26 Å². The Bertz CT molecular complexity index is 440. The lowest BCUT2D eigenvalue weighted by atomic mass is 9.80. The van der Waals surface area contributed by atoms with E-state index in [2.05, 4.69) is 0 Å². The topological polar surface area (TPSA) is 82.1 Å². The second kappa shape index (κ2) is 8.34. The van der Waals surface area contributed by atoms with Gasteiger partial charge in [0.2, 0.25) is 0 Å². The zero-order chi connectivity index (χ0) is 17.5. The van der Waals surface area contributed by atoms with Crippen LogP contribution in [0.2, 0.25) is 0 Å². The fraction of sp³-hybridized carbons (Fsp3) is 0.765. The van der Waals surface area contributed by atoms with E-state index in [1.54, 1.807) is 27.9 Å². The van der Waals surface area contributed by atoms with Crippen molar-refractivity contribution in [2.75, 3.05) is 20.3 Å². The maximum Gasteiger partial charge on any atom is 0.337 e. The highest BCUT2D eigenvalue weighted by Crippen LogP contribution is 2.43. The van der Waals surface area contributed by atoms with Gasteiger partial charge in [-0.15, -0.1) is 0 Å². The second-order valence-electron chi connectivity index (χ2n) is 6.98. The molecule has 1 aliphatic carbocycles. The number of methoxy groups -OCH3 is 1. The van der Waals surface area contributed by atoms with Crippen molar-refractivity contribution in [2.24, 2.45) is 5.41 Å². The Labute approximate surface area is 137 Å². The fourth-order valence-electron chi connectivity index (χ4n) is 2.68. The van der Waals surface area contributed by atoms with Gasteiger partial charge in [0.25, 0.3) is 0 Å². The van der Waals surface area contributed by atoms with Crippen LogP contribution < -0.4 is 0 Å². The van der Waals surface area contributed by atoms with Crippen molar-refractivity contribution >= 4 is 11.9 Å². The molecule has 132 valence electrons. The molecule has 1 N–H and O–H groups in total. The molecule has 0 aromatic carbocycles. The standard InChI is InChI=1S/C17H28O6/c1-16(2,3)23-14(18)13(12-22-10-9-21-4)11-17(15(19)20)7-5-6-8-17/h12H,5-11H2,1-4H3,(H,19,20)/b13-12+. The summed E-state index contributed by atoms with van der Waals surface area (Å²) < 4.78 is 15.6. The van der Waals surface area contributed by atoms with Gasteiger partial charge in [-0.1, -0.05) is 12.8 Å². The first kappa shape index (κ1) is 19.5. The molecule has 1 fully saturated rings. The molecule has 0 aromatic heterocycles. The molecule has 0 amide bonds. The van der Waals surface area contributed by atoms with Gasteiger partial charge in [0, 0.05) is 7.11 Å². The van der Waals surface area contributed by atoms with Gasteiger partial charge in [-0.2, -0.15) is 0 Å². The van der Waals surface area contributed by atoms with E-state index in [0.29, 0.717) is 26.1 Å². The Kier molecular flexibility index (Phi) is 7.06. The van der Waals surface area contributed by atoms with Crippen molar-refractivity contribution in [3.8, 4) is 0 Å². The van der Waals surface area contributed by atoms with Crippen LogP contribution in [-0.4, -0.2) is 43.0 Å². The van der Waals surface area contributed by atoms with Crippen LogP contribution in [0.3, 0.4) is 0 Å². The predicted octanol–water partition coefficient (Wildman–Crippen LogP) is 2.91. The second-order valence-corrected chi connectivity index (χ2v) is 6.98. The van der Waals surface area contributed by atoms with Gasteiger partial charge in [0.05, 0.1) is 23.9 Å². The normalized spacial score (nSPS) is 17.8. The van der Waals surface area contributed by atoms with Crippen molar-refractivity contribution in [1.29, 1.82) is 0 Å². The number of aliphatic carboxylic acids is 1. The van der Waals surface area contributed by atoms with Crippen LogP contribution in [0.4, 0.5) is 0 Å². The van der Waals surface area contributed by atoms with Crippen LogP contribution in [0.15, 0.2) is 11.8 Å². The van der Waals surface area contributed by atoms with E-state index in [4.69, 9.17) is 14.2 Å². The van der Waals surface area contributed by atoms with Crippen molar-refractivity contribution < 1.29 is 28.9 Å². The summed E-state index contributed by atoms with van der Waals surface area (Å²) in [6, 6.07) is 0. The first-order chi connectivity index (χ1) is 10.7. The fourth-order valence-corrected chi connectivity index (χ4v) is 2.68. The largest absolute Gasteiger partial charge is 0.498 e. The number of carbonyl (C=O) groups is 2. The smallest absolute Gasteiger partial charge is 0.337 e. The maximum atomic E-state index is 12.4. The molecule has 0 radical (unpaired) electrons. The van der Waals surface area contributed by atoms with E-state index in [0.717, 1.165) is 12.8 Å². The number of hydrogen-bond donors (Lipinski definition) is 1. The van der Waals surface area contributed by atoms with Gasteiger partial charge >= 0.3 is 11.9 Å². The molecule has 1 rings (SSSR count). The van der Waals surface area contributed by atoms with Crippen molar-refractivity contribution in [3.63, 3.8) is 0 Å². The van der Waals surface area contributed by atoms with Crippen molar-refractivity contribution in [1.82, 2.24) is 0 Å². The molecule has 0 spiro atoms. The van der Waals surface area contributed by atoms with Crippen LogP contribution in [-0.2, 0) is 23.8 Å². The van der Waals surface area contributed by atoms with Crippen LogP contribution in [0.25, 0.3) is 0 Å². The summed E-state index contributed by atoms with van der Waals surface area (Å²) in [7, 11) is 1.56. The summed E-state index contributed by atoms with van der Waals surface area (Å²) >= 11 is 0. The molecule has 0 unspecified atom stereocenters. The molecule has 1 saturated carbocycles. The van der Waals surface area contributed by atoms with E-state index in [9.17, 15) is 14.7 Å². The molecule has 0 atom stereocenters.